The molecule has 1 aliphatic rings. The third kappa shape index (κ3) is 6.08. The fourth-order valence-corrected chi connectivity index (χ4v) is 3.43. The Morgan fingerprint density at radius 1 is 0.966 bits per heavy atom. The molecular weight excluding hydrogens is 364 g/mol. The van der Waals surface area contributed by atoms with Crippen molar-refractivity contribution in [2.75, 3.05) is 25.0 Å². The molecule has 2 aromatic carbocycles. The van der Waals surface area contributed by atoms with Gasteiger partial charge < -0.3 is 15.0 Å². The van der Waals surface area contributed by atoms with Gasteiger partial charge in [0.05, 0.1) is 6.61 Å². The number of anilines is 1. The first-order chi connectivity index (χ1) is 14.2. The maximum Gasteiger partial charge on any atom is 0.255 e. The van der Waals surface area contributed by atoms with Crippen molar-refractivity contribution >= 4 is 17.5 Å². The van der Waals surface area contributed by atoms with E-state index in [1.165, 1.54) is 12.8 Å². The minimum atomic E-state index is -0.204. The molecule has 0 aromatic heterocycles. The summed E-state index contributed by atoms with van der Waals surface area (Å²) >= 11 is 0. The van der Waals surface area contributed by atoms with Gasteiger partial charge in [0.1, 0.15) is 5.75 Å². The van der Waals surface area contributed by atoms with Crippen LogP contribution in [0.25, 0.3) is 0 Å². The third-order valence-electron chi connectivity index (χ3n) is 5.14. The Morgan fingerprint density at radius 2 is 1.69 bits per heavy atom. The van der Waals surface area contributed by atoms with Crippen molar-refractivity contribution in [2.45, 2.75) is 45.4 Å². The maximum absolute atomic E-state index is 12.8. The summed E-state index contributed by atoms with van der Waals surface area (Å²) in [5, 5.41) is 2.89. The summed E-state index contributed by atoms with van der Waals surface area (Å²) in [6, 6.07) is 14.3. The summed E-state index contributed by atoms with van der Waals surface area (Å²) in [5.74, 6) is 0.598. The standard InChI is InChI=1S/C24H30N2O3/c1-2-3-17-29-22-13-11-19(12-14-22)23(27)25-21-10-8-9-20(18-21)24(28)26-15-6-4-5-7-16-26/h8-14,18H,2-7,15-17H2,1H3,(H,25,27). The molecule has 1 N–H and O–H groups in total. The highest BCUT2D eigenvalue weighted by Crippen LogP contribution is 2.18. The highest BCUT2D eigenvalue weighted by molar-refractivity contribution is 6.05. The lowest BCUT2D eigenvalue weighted by Crippen LogP contribution is -2.31. The van der Waals surface area contributed by atoms with Gasteiger partial charge in [-0.2, -0.15) is 0 Å². The van der Waals surface area contributed by atoms with Gasteiger partial charge in [-0.05, 0) is 61.7 Å². The number of nitrogens with one attached hydrogen (secondary N) is 1. The highest BCUT2D eigenvalue weighted by atomic mass is 16.5. The highest BCUT2D eigenvalue weighted by Gasteiger charge is 2.17. The number of hydrogen-bond donors (Lipinski definition) is 1. The average Bonchev–Trinajstić information content (AvgIpc) is 3.04. The number of carbonyl (C=O) groups excluding carboxylic acids is 2. The van der Waals surface area contributed by atoms with Crippen LogP contribution in [0.15, 0.2) is 48.5 Å². The summed E-state index contributed by atoms with van der Waals surface area (Å²) in [7, 11) is 0. The Balaban J connectivity index is 1.62. The SMILES string of the molecule is CCCCOc1ccc(C(=O)Nc2cccc(C(=O)N3CCCCCC3)c2)cc1. The molecule has 5 heteroatoms. The van der Waals surface area contributed by atoms with Crippen molar-refractivity contribution in [2.24, 2.45) is 0 Å². The molecule has 154 valence electrons. The zero-order chi connectivity index (χ0) is 20.5. The fourth-order valence-electron chi connectivity index (χ4n) is 3.43. The van der Waals surface area contributed by atoms with E-state index in [-0.39, 0.29) is 11.8 Å². The lowest BCUT2D eigenvalue weighted by molar-refractivity contribution is 0.0761. The van der Waals surface area contributed by atoms with E-state index in [1.54, 1.807) is 24.3 Å². The van der Waals surface area contributed by atoms with Crippen LogP contribution in [0, 0.1) is 0 Å². The lowest BCUT2D eigenvalue weighted by atomic mass is 10.1. The molecule has 0 atom stereocenters. The lowest BCUT2D eigenvalue weighted by Gasteiger charge is -2.20. The molecule has 1 saturated heterocycles. The van der Waals surface area contributed by atoms with Crippen molar-refractivity contribution in [1.82, 2.24) is 4.90 Å². The second-order valence-electron chi connectivity index (χ2n) is 7.47. The van der Waals surface area contributed by atoms with Crippen LogP contribution in [0.5, 0.6) is 5.75 Å². The minimum absolute atomic E-state index is 0.0385. The maximum atomic E-state index is 12.8. The first kappa shape index (κ1) is 20.9. The molecule has 29 heavy (non-hydrogen) atoms. The Hall–Kier alpha value is -2.82. The summed E-state index contributed by atoms with van der Waals surface area (Å²) in [6.45, 7) is 4.41. The molecule has 2 aromatic rings. The van der Waals surface area contributed by atoms with Gasteiger partial charge in [-0.1, -0.05) is 32.3 Å². The first-order valence-corrected chi connectivity index (χ1v) is 10.6. The molecule has 1 heterocycles. The number of ether oxygens (including phenoxy) is 1. The van der Waals surface area contributed by atoms with Crippen LogP contribution in [0.2, 0.25) is 0 Å². The van der Waals surface area contributed by atoms with E-state index < -0.39 is 0 Å². The number of rotatable bonds is 7. The Bertz CT molecular complexity index is 809. The molecular formula is C24H30N2O3. The van der Waals surface area contributed by atoms with Gasteiger partial charge >= 0.3 is 0 Å². The van der Waals surface area contributed by atoms with Crippen LogP contribution in [0.4, 0.5) is 5.69 Å². The summed E-state index contributed by atoms with van der Waals surface area (Å²) in [6.07, 6.45) is 6.57. The van der Waals surface area contributed by atoms with E-state index in [1.807, 2.05) is 29.2 Å². The van der Waals surface area contributed by atoms with E-state index in [9.17, 15) is 9.59 Å². The van der Waals surface area contributed by atoms with E-state index in [2.05, 4.69) is 12.2 Å². The molecule has 3 rings (SSSR count). The first-order valence-electron chi connectivity index (χ1n) is 10.6. The van der Waals surface area contributed by atoms with Gasteiger partial charge in [-0.15, -0.1) is 0 Å². The van der Waals surface area contributed by atoms with Crippen LogP contribution in [0.1, 0.15) is 66.2 Å². The number of nitrogens with zero attached hydrogens (tertiary/aromatic N) is 1. The van der Waals surface area contributed by atoms with Crippen LogP contribution in [-0.4, -0.2) is 36.4 Å². The number of hydrogen-bond acceptors (Lipinski definition) is 3. The van der Waals surface area contributed by atoms with E-state index in [0.717, 1.165) is 44.5 Å². The summed E-state index contributed by atoms with van der Waals surface area (Å²) < 4.78 is 5.63. The zero-order valence-corrected chi connectivity index (χ0v) is 17.2. The van der Waals surface area contributed by atoms with Gasteiger partial charge in [0.15, 0.2) is 0 Å². The summed E-state index contributed by atoms with van der Waals surface area (Å²) in [4.78, 5) is 27.3. The van der Waals surface area contributed by atoms with Crippen LogP contribution < -0.4 is 10.1 Å². The van der Waals surface area contributed by atoms with Crippen LogP contribution >= 0.6 is 0 Å². The van der Waals surface area contributed by atoms with Crippen LogP contribution in [0.3, 0.4) is 0 Å². The largest absolute Gasteiger partial charge is 0.494 e. The molecule has 0 aliphatic carbocycles. The average molecular weight is 395 g/mol. The predicted molar refractivity (Wildman–Crippen MR) is 116 cm³/mol. The molecule has 1 fully saturated rings. The molecule has 0 radical (unpaired) electrons. The minimum Gasteiger partial charge on any atom is -0.494 e. The van der Waals surface area contributed by atoms with Gasteiger partial charge in [0, 0.05) is 29.9 Å². The summed E-state index contributed by atoms with van der Waals surface area (Å²) in [5.41, 5.74) is 1.79. The molecule has 5 nitrogen and oxygen atoms in total. The van der Waals surface area contributed by atoms with Gasteiger partial charge in [-0.3, -0.25) is 9.59 Å². The number of benzene rings is 2. The third-order valence-corrected chi connectivity index (χ3v) is 5.14. The Morgan fingerprint density at radius 3 is 2.38 bits per heavy atom. The quantitative estimate of drug-likeness (QED) is 0.662. The smallest absolute Gasteiger partial charge is 0.255 e. The van der Waals surface area contributed by atoms with Crippen LogP contribution in [-0.2, 0) is 0 Å². The van der Waals surface area contributed by atoms with Gasteiger partial charge in [-0.25, -0.2) is 0 Å². The number of likely N-dealkylation sites (tertiary alicyclic amines) is 1. The number of carbonyl (C=O) groups is 2. The van der Waals surface area contributed by atoms with Crippen molar-refractivity contribution in [3.8, 4) is 5.75 Å². The van der Waals surface area contributed by atoms with Crippen molar-refractivity contribution in [3.05, 3.63) is 59.7 Å². The van der Waals surface area contributed by atoms with Crippen molar-refractivity contribution in [3.63, 3.8) is 0 Å². The second-order valence-corrected chi connectivity index (χ2v) is 7.47. The molecule has 1 aliphatic heterocycles. The van der Waals surface area contributed by atoms with Gasteiger partial charge in [0.2, 0.25) is 0 Å². The van der Waals surface area contributed by atoms with E-state index in [4.69, 9.17) is 4.74 Å². The predicted octanol–water partition coefficient (Wildman–Crippen LogP) is 5.13. The normalized spacial score (nSPS) is 14.2. The molecule has 0 saturated carbocycles. The molecule has 0 spiro atoms. The Kier molecular flexibility index (Phi) is 7.68. The molecule has 0 unspecified atom stereocenters. The van der Waals surface area contributed by atoms with Gasteiger partial charge in [0.25, 0.3) is 11.8 Å². The van der Waals surface area contributed by atoms with Crippen molar-refractivity contribution < 1.29 is 14.3 Å². The van der Waals surface area contributed by atoms with Crippen molar-refractivity contribution in [1.29, 1.82) is 0 Å². The van der Waals surface area contributed by atoms with E-state index >= 15 is 0 Å². The molecule has 0 bridgehead atoms. The Labute approximate surface area is 173 Å². The zero-order valence-electron chi connectivity index (χ0n) is 17.2. The topological polar surface area (TPSA) is 58.6 Å². The molecule has 2 amide bonds. The number of unbranched alkanes of at least 4 members (excludes halogenated alkanes) is 1. The number of amides is 2. The second kappa shape index (κ2) is 10.6. The fraction of sp³-hybridized carbons (Fsp3) is 0.417. The monoisotopic (exact) mass is 394 g/mol. The van der Waals surface area contributed by atoms with E-state index in [0.29, 0.717) is 23.4 Å².